The molecule has 0 unspecified atom stereocenters. The van der Waals surface area contributed by atoms with Gasteiger partial charge in [-0.2, -0.15) is 0 Å². The van der Waals surface area contributed by atoms with Gasteiger partial charge in [-0.1, -0.05) is 30.3 Å². The average Bonchev–Trinajstić information content (AvgIpc) is 3.25. The zero-order chi connectivity index (χ0) is 18.8. The minimum atomic E-state index is -2.87. The van der Waals surface area contributed by atoms with Crippen molar-refractivity contribution in [2.24, 2.45) is 11.8 Å². The van der Waals surface area contributed by atoms with E-state index in [9.17, 15) is 18.7 Å². The Bertz CT molecular complexity index is 662. The summed E-state index contributed by atoms with van der Waals surface area (Å²) in [5.74, 6) is -4.54. The van der Waals surface area contributed by atoms with Gasteiger partial charge in [0.1, 0.15) is 0 Å². The number of likely N-dealkylation sites (tertiary alicyclic amines) is 1. The highest BCUT2D eigenvalue weighted by atomic mass is 35.5. The van der Waals surface area contributed by atoms with Gasteiger partial charge in [0.05, 0.1) is 12.9 Å². The predicted octanol–water partition coefficient (Wildman–Crippen LogP) is 3.20. The summed E-state index contributed by atoms with van der Waals surface area (Å²) in [5.41, 5.74) is -1.78. The Morgan fingerprint density at radius 2 is 2.07 bits per heavy atom. The van der Waals surface area contributed by atoms with E-state index in [0.29, 0.717) is 12.1 Å². The van der Waals surface area contributed by atoms with E-state index in [1.54, 1.807) is 30.3 Å². The van der Waals surface area contributed by atoms with Crippen molar-refractivity contribution in [2.75, 3.05) is 19.7 Å². The van der Waals surface area contributed by atoms with Gasteiger partial charge in [0.25, 0.3) is 0 Å². The highest BCUT2D eigenvalue weighted by Crippen LogP contribution is 2.47. The van der Waals surface area contributed by atoms with E-state index >= 15 is 0 Å². The van der Waals surface area contributed by atoms with Crippen LogP contribution < -0.4 is 0 Å². The van der Waals surface area contributed by atoms with E-state index in [4.69, 9.17) is 10.1 Å². The Kier molecular flexibility index (Phi) is 6.81. The first-order valence-corrected chi connectivity index (χ1v) is 8.93. The number of carbonyl (C=O) groups excluding carboxylic acids is 1. The largest absolute Gasteiger partial charge is 0.463 e. The van der Waals surface area contributed by atoms with Gasteiger partial charge >= 0.3 is 5.97 Å². The van der Waals surface area contributed by atoms with Crippen LogP contribution in [0, 0.1) is 17.2 Å². The van der Waals surface area contributed by atoms with E-state index in [-0.39, 0.29) is 37.8 Å². The van der Waals surface area contributed by atoms with Crippen LogP contribution in [0.25, 0.3) is 0 Å². The molecule has 0 bridgehead atoms. The summed E-state index contributed by atoms with van der Waals surface area (Å²) in [4.78, 5) is 14.6. The highest BCUT2D eigenvalue weighted by molar-refractivity contribution is 5.85. The molecule has 2 N–H and O–H groups in total. The summed E-state index contributed by atoms with van der Waals surface area (Å²) in [6.07, 6.45) is 1.24. The molecule has 0 spiro atoms. The molecule has 2 aliphatic rings. The van der Waals surface area contributed by atoms with Gasteiger partial charge in [-0.15, -0.1) is 12.4 Å². The van der Waals surface area contributed by atoms with E-state index in [1.807, 2.05) is 4.90 Å². The molecular formula is C19H25ClF2N2O3. The summed E-state index contributed by atoms with van der Waals surface area (Å²) >= 11 is 0. The fourth-order valence-corrected chi connectivity index (χ4v) is 3.94. The first kappa shape index (κ1) is 21.6. The number of ether oxygens (including phenoxy) is 1. The molecule has 0 aromatic heterocycles. The molecular weight excluding hydrogens is 378 g/mol. The molecule has 5 nitrogen and oxygen atoms in total. The first-order chi connectivity index (χ1) is 12.3. The lowest BCUT2D eigenvalue weighted by Gasteiger charge is -2.32. The van der Waals surface area contributed by atoms with Gasteiger partial charge in [0.2, 0.25) is 5.92 Å². The fourth-order valence-electron chi connectivity index (χ4n) is 3.94. The standard InChI is InChI=1S/C19H24F2N2O3.ClH/c20-18(21)8-6-16(10-18)19(25,15-4-2-1-3-5-15)17(24)26-12-14-7-9-23(11-14)13-22;/h1-5,13-14,16,22,25H,6-12H2;1H/t14-,16-,19+;/m1./s1. The number of aliphatic hydroxyl groups is 1. The molecule has 1 saturated carbocycles. The fraction of sp³-hybridized carbons (Fsp3) is 0.579. The Morgan fingerprint density at radius 1 is 1.37 bits per heavy atom. The second-order valence-electron chi connectivity index (χ2n) is 7.31. The summed E-state index contributed by atoms with van der Waals surface area (Å²) in [7, 11) is 0. The molecule has 1 saturated heterocycles. The molecule has 27 heavy (non-hydrogen) atoms. The zero-order valence-corrected chi connectivity index (χ0v) is 15.8. The molecule has 2 fully saturated rings. The molecule has 0 radical (unpaired) electrons. The summed E-state index contributed by atoms with van der Waals surface area (Å²) in [5, 5.41) is 18.5. The predicted molar refractivity (Wildman–Crippen MR) is 99.3 cm³/mol. The molecule has 0 amide bonds. The minimum absolute atomic E-state index is 0. The second kappa shape index (κ2) is 8.52. The first-order valence-electron chi connectivity index (χ1n) is 8.93. The number of rotatable bonds is 6. The number of benzene rings is 1. The van der Waals surface area contributed by atoms with E-state index in [1.165, 1.54) is 6.34 Å². The van der Waals surface area contributed by atoms with Gasteiger partial charge < -0.3 is 14.7 Å². The number of hydrogen-bond acceptors (Lipinski definition) is 4. The molecule has 150 valence electrons. The SMILES string of the molecule is Cl.N=CN1CC[C@@H](COC(=O)[C@](O)(c2ccccc2)[C@@H]2CCC(F)(F)C2)C1. The normalized spacial score (nSPS) is 26.1. The Hall–Kier alpha value is -1.73. The number of alkyl halides is 2. The van der Waals surface area contributed by atoms with Crippen molar-refractivity contribution in [2.45, 2.75) is 37.2 Å². The van der Waals surface area contributed by atoms with Crippen LogP contribution in [0.1, 0.15) is 31.2 Å². The maximum atomic E-state index is 13.7. The lowest BCUT2D eigenvalue weighted by atomic mass is 9.80. The number of carbonyl (C=O) groups is 1. The molecule has 1 heterocycles. The smallest absolute Gasteiger partial charge is 0.343 e. The van der Waals surface area contributed by atoms with E-state index in [2.05, 4.69) is 0 Å². The van der Waals surface area contributed by atoms with Crippen molar-refractivity contribution < 1.29 is 23.4 Å². The summed E-state index contributed by atoms with van der Waals surface area (Å²) in [6, 6.07) is 8.22. The number of nitrogens with one attached hydrogen (secondary N) is 1. The Morgan fingerprint density at radius 3 is 2.63 bits per heavy atom. The maximum Gasteiger partial charge on any atom is 0.343 e. The quantitative estimate of drug-likeness (QED) is 0.435. The number of nitrogens with zero attached hydrogens (tertiary/aromatic N) is 1. The molecule has 8 heteroatoms. The third kappa shape index (κ3) is 4.58. The topological polar surface area (TPSA) is 73.6 Å². The van der Waals surface area contributed by atoms with Crippen LogP contribution in [0.2, 0.25) is 0 Å². The van der Waals surface area contributed by atoms with Crippen LogP contribution >= 0.6 is 12.4 Å². The van der Waals surface area contributed by atoms with Crippen molar-refractivity contribution in [1.29, 1.82) is 5.41 Å². The minimum Gasteiger partial charge on any atom is -0.463 e. The zero-order valence-electron chi connectivity index (χ0n) is 14.9. The summed E-state index contributed by atoms with van der Waals surface area (Å²) in [6.45, 7) is 1.45. The van der Waals surface area contributed by atoms with Gasteiger partial charge in [-0.25, -0.2) is 13.6 Å². The van der Waals surface area contributed by atoms with Gasteiger partial charge in [0.15, 0.2) is 5.60 Å². The Balaban J connectivity index is 0.00000261. The lowest BCUT2D eigenvalue weighted by Crippen LogP contribution is -2.44. The van der Waals surface area contributed by atoms with Crippen LogP contribution in [0.5, 0.6) is 0 Å². The third-order valence-electron chi connectivity index (χ3n) is 5.47. The molecule has 3 rings (SSSR count). The van der Waals surface area contributed by atoms with E-state index < -0.39 is 29.8 Å². The number of hydrogen-bond donors (Lipinski definition) is 2. The van der Waals surface area contributed by atoms with Crippen LogP contribution in [0.4, 0.5) is 8.78 Å². The second-order valence-corrected chi connectivity index (χ2v) is 7.31. The summed E-state index contributed by atoms with van der Waals surface area (Å²) < 4.78 is 32.8. The van der Waals surface area contributed by atoms with Gasteiger partial charge in [-0.3, -0.25) is 5.41 Å². The van der Waals surface area contributed by atoms with Crippen LogP contribution in [-0.2, 0) is 15.1 Å². The van der Waals surface area contributed by atoms with Crippen molar-refractivity contribution in [3.63, 3.8) is 0 Å². The lowest BCUT2D eigenvalue weighted by molar-refractivity contribution is -0.176. The third-order valence-corrected chi connectivity index (χ3v) is 5.47. The number of halogens is 3. The maximum absolute atomic E-state index is 13.7. The molecule has 1 aromatic carbocycles. The molecule has 1 aliphatic heterocycles. The molecule has 1 aromatic rings. The van der Waals surface area contributed by atoms with E-state index in [0.717, 1.165) is 13.0 Å². The monoisotopic (exact) mass is 402 g/mol. The molecule has 1 aliphatic carbocycles. The average molecular weight is 403 g/mol. The van der Waals surface area contributed by atoms with Gasteiger partial charge in [0, 0.05) is 37.8 Å². The van der Waals surface area contributed by atoms with Crippen molar-refractivity contribution >= 4 is 24.7 Å². The van der Waals surface area contributed by atoms with Gasteiger partial charge in [-0.05, 0) is 18.4 Å². The van der Waals surface area contributed by atoms with Crippen LogP contribution in [-0.4, -0.2) is 47.9 Å². The van der Waals surface area contributed by atoms with Crippen molar-refractivity contribution in [3.8, 4) is 0 Å². The van der Waals surface area contributed by atoms with Crippen LogP contribution in [0.15, 0.2) is 30.3 Å². The highest BCUT2D eigenvalue weighted by Gasteiger charge is 2.54. The Labute approximate surface area is 163 Å². The molecule has 3 atom stereocenters. The van der Waals surface area contributed by atoms with Crippen molar-refractivity contribution in [1.82, 2.24) is 4.90 Å². The number of esters is 1. The van der Waals surface area contributed by atoms with Crippen molar-refractivity contribution in [3.05, 3.63) is 35.9 Å². The van der Waals surface area contributed by atoms with Crippen LogP contribution in [0.3, 0.4) is 0 Å².